The molecule has 0 saturated heterocycles. The van der Waals surface area contributed by atoms with Gasteiger partial charge in [0, 0.05) is 13.2 Å². The van der Waals surface area contributed by atoms with E-state index in [1.54, 1.807) is 0 Å². The maximum Gasteiger partial charge on any atom is 0.0590 e. The Morgan fingerprint density at radius 3 is 1.26 bits per heavy atom. The van der Waals surface area contributed by atoms with Gasteiger partial charge in [0.1, 0.15) is 0 Å². The van der Waals surface area contributed by atoms with Crippen molar-refractivity contribution in [2.45, 2.75) is 194 Å². The largest absolute Gasteiger partial charge is 0.380 e. The lowest BCUT2D eigenvalue weighted by molar-refractivity contribution is 0.131. The summed E-state index contributed by atoms with van der Waals surface area (Å²) in [6.45, 7) is 8.53. The van der Waals surface area contributed by atoms with Crippen molar-refractivity contribution in [3.8, 4) is 0 Å². The zero-order valence-electron chi connectivity index (χ0n) is 29.0. The average Bonchev–Trinajstić information content (AvgIpc) is 3.00. The predicted octanol–water partition coefficient (Wildman–Crippen LogP) is 13.2. The summed E-state index contributed by atoms with van der Waals surface area (Å²) in [4.78, 5) is 0. The van der Waals surface area contributed by atoms with Crippen molar-refractivity contribution in [1.82, 2.24) is 5.32 Å². The van der Waals surface area contributed by atoms with Crippen LogP contribution in [0.4, 0.5) is 0 Å². The summed E-state index contributed by atoms with van der Waals surface area (Å²) in [7, 11) is 0. The van der Waals surface area contributed by atoms with Gasteiger partial charge in [0.25, 0.3) is 0 Å². The van der Waals surface area contributed by atoms with Crippen LogP contribution in [-0.4, -0.2) is 26.3 Å². The van der Waals surface area contributed by atoms with Crippen LogP contribution in [0.3, 0.4) is 0 Å². The van der Waals surface area contributed by atoms with E-state index < -0.39 is 0 Å². The molecule has 0 unspecified atom stereocenters. The van der Waals surface area contributed by atoms with Gasteiger partial charge in [-0.3, -0.25) is 0 Å². The number of nitrogens with one attached hydrogen (secondary N) is 1. The lowest BCUT2D eigenvalue weighted by Crippen LogP contribution is -2.21. The van der Waals surface area contributed by atoms with Crippen molar-refractivity contribution in [1.29, 1.82) is 0 Å². The van der Waals surface area contributed by atoms with Crippen LogP contribution in [0.15, 0.2) is 36.5 Å². The fourth-order valence-corrected chi connectivity index (χ4v) is 5.41. The second kappa shape index (κ2) is 40.1. The molecule has 248 valence electrons. The quantitative estimate of drug-likeness (QED) is 0.0581. The smallest absolute Gasteiger partial charge is 0.0590 e. The third kappa shape index (κ3) is 39.1. The van der Waals surface area contributed by atoms with E-state index in [1.807, 2.05) is 0 Å². The standard InChI is InChI=1S/C40H77NO/c1-3-5-7-9-11-13-15-17-19-21-22-23-25-27-29-31-33-35-37-41-38-40-42-39-36-34-32-30-28-26-24-20-18-16-14-12-10-8-6-4-2/h11,13,17-20,41H,3-10,12,14-16,21-40H2,1-2H3/b13-11?,19-17?,20-18-. The molecule has 0 fully saturated rings. The number of allylic oxidation sites excluding steroid dienone is 6. The van der Waals surface area contributed by atoms with Gasteiger partial charge in [0.15, 0.2) is 0 Å². The molecule has 0 saturated carbocycles. The maximum absolute atomic E-state index is 5.81. The van der Waals surface area contributed by atoms with Crippen LogP contribution >= 0.6 is 0 Å². The minimum atomic E-state index is 0.871. The first-order valence-corrected chi connectivity index (χ1v) is 19.1. The van der Waals surface area contributed by atoms with Gasteiger partial charge >= 0.3 is 0 Å². The van der Waals surface area contributed by atoms with E-state index in [4.69, 9.17) is 4.74 Å². The summed E-state index contributed by atoms with van der Waals surface area (Å²) >= 11 is 0. The first kappa shape index (κ1) is 41.1. The molecule has 0 atom stereocenters. The summed E-state index contributed by atoms with van der Waals surface area (Å²) < 4.78 is 5.81. The van der Waals surface area contributed by atoms with Crippen LogP contribution in [-0.2, 0) is 4.74 Å². The normalized spacial score (nSPS) is 12.1. The summed E-state index contributed by atoms with van der Waals surface area (Å²) in [6, 6.07) is 0. The Bertz CT molecular complexity index is 552. The fourth-order valence-electron chi connectivity index (χ4n) is 5.41. The van der Waals surface area contributed by atoms with E-state index in [0.29, 0.717) is 0 Å². The first-order valence-electron chi connectivity index (χ1n) is 19.1. The van der Waals surface area contributed by atoms with Gasteiger partial charge in [-0.2, -0.15) is 0 Å². The average molecular weight is 588 g/mol. The molecular weight excluding hydrogens is 510 g/mol. The molecule has 0 rings (SSSR count). The van der Waals surface area contributed by atoms with E-state index in [1.165, 1.54) is 173 Å². The predicted molar refractivity (Wildman–Crippen MR) is 192 cm³/mol. The van der Waals surface area contributed by atoms with Crippen molar-refractivity contribution in [3.63, 3.8) is 0 Å². The SMILES string of the molecule is CCCCCC=CCC=CCCCCCCCCCCNCCOCCCCCCCC/C=C\CCCCCCCC. The molecule has 0 aliphatic rings. The molecule has 0 bridgehead atoms. The Labute approximate surface area is 266 Å². The maximum atomic E-state index is 5.81. The highest BCUT2D eigenvalue weighted by molar-refractivity contribution is 4.92. The minimum absolute atomic E-state index is 0.871. The molecule has 0 spiro atoms. The van der Waals surface area contributed by atoms with E-state index in [0.717, 1.165) is 32.7 Å². The van der Waals surface area contributed by atoms with Crippen molar-refractivity contribution in [2.24, 2.45) is 0 Å². The number of unbranched alkanes of at least 4 members (excludes halogenated alkanes) is 23. The molecule has 42 heavy (non-hydrogen) atoms. The summed E-state index contributed by atoms with van der Waals surface area (Å²) in [6.07, 6.45) is 52.1. The Balaban J connectivity index is 3.11. The topological polar surface area (TPSA) is 21.3 Å². The van der Waals surface area contributed by atoms with Crippen molar-refractivity contribution in [2.75, 3.05) is 26.3 Å². The molecule has 0 radical (unpaired) electrons. The van der Waals surface area contributed by atoms with Crippen LogP contribution in [0.2, 0.25) is 0 Å². The number of hydrogen-bond donors (Lipinski definition) is 1. The second-order valence-corrected chi connectivity index (χ2v) is 12.6. The molecule has 2 nitrogen and oxygen atoms in total. The van der Waals surface area contributed by atoms with Crippen LogP contribution in [0, 0.1) is 0 Å². The first-order chi connectivity index (χ1) is 20.9. The van der Waals surface area contributed by atoms with Gasteiger partial charge in [-0.15, -0.1) is 0 Å². The van der Waals surface area contributed by atoms with Gasteiger partial charge in [0.05, 0.1) is 6.61 Å². The lowest BCUT2D eigenvalue weighted by Gasteiger charge is -2.06. The van der Waals surface area contributed by atoms with Crippen LogP contribution < -0.4 is 5.32 Å². The summed E-state index contributed by atoms with van der Waals surface area (Å²) in [5.74, 6) is 0. The number of rotatable bonds is 36. The highest BCUT2D eigenvalue weighted by Crippen LogP contribution is 2.11. The molecule has 0 aromatic rings. The van der Waals surface area contributed by atoms with Gasteiger partial charge in [-0.05, 0) is 77.2 Å². The van der Waals surface area contributed by atoms with Crippen molar-refractivity contribution >= 4 is 0 Å². The zero-order valence-corrected chi connectivity index (χ0v) is 29.0. The third-order valence-electron chi connectivity index (χ3n) is 8.28. The highest BCUT2D eigenvalue weighted by atomic mass is 16.5. The van der Waals surface area contributed by atoms with E-state index >= 15 is 0 Å². The molecule has 0 amide bonds. The van der Waals surface area contributed by atoms with Crippen molar-refractivity contribution < 1.29 is 4.74 Å². The summed E-state index contributed by atoms with van der Waals surface area (Å²) in [5, 5.41) is 3.56. The Kier molecular flexibility index (Phi) is 39.3. The monoisotopic (exact) mass is 588 g/mol. The van der Waals surface area contributed by atoms with Gasteiger partial charge in [-0.25, -0.2) is 0 Å². The van der Waals surface area contributed by atoms with Crippen LogP contribution in [0.5, 0.6) is 0 Å². The molecule has 1 N–H and O–H groups in total. The number of ether oxygens (including phenoxy) is 1. The molecular formula is C40H77NO. The molecule has 0 aliphatic heterocycles. The molecule has 0 aromatic heterocycles. The molecule has 0 aromatic carbocycles. The third-order valence-corrected chi connectivity index (χ3v) is 8.28. The minimum Gasteiger partial charge on any atom is -0.380 e. The fraction of sp³-hybridized carbons (Fsp3) is 0.850. The highest BCUT2D eigenvalue weighted by Gasteiger charge is 1.95. The van der Waals surface area contributed by atoms with Crippen LogP contribution in [0.25, 0.3) is 0 Å². The van der Waals surface area contributed by atoms with E-state index in [2.05, 4.69) is 55.6 Å². The zero-order chi connectivity index (χ0) is 30.3. The lowest BCUT2D eigenvalue weighted by atomic mass is 10.1. The van der Waals surface area contributed by atoms with Crippen molar-refractivity contribution in [3.05, 3.63) is 36.5 Å². The van der Waals surface area contributed by atoms with Gasteiger partial charge in [0.2, 0.25) is 0 Å². The molecule has 0 aliphatic carbocycles. The molecule has 0 heterocycles. The Morgan fingerprint density at radius 1 is 0.357 bits per heavy atom. The van der Waals surface area contributed by atoms with E-state index in [-0.39, 0.29) is 0 Å². The van der Waals surface area contributed by atoms with Crippen LogP contribution in [0.1, 0.15) is 194 Å². The molecule has 2 heteroatoms. The Morgan fingerprint density at radius 2 is 0.738 bits per heavy atom. The number of hydrogen-bond acceptors (Lipinski definition) is 2. The Hall–Kier alpha value is -0.860. The van der Waals surface area contributed by atoms with E-state index in [9.17, 15) is 0 Å². The van der Waals surface area contributed by atoms with Gasteiger partial charge in [-0.1, -0.05) is 159 Å². The second-order valence-electron chi connectivity index (χ2n) is 12.6. The summed E-state index contributed by atoms with van der Waals surface area (Å²) in [5.41, 5.74) is 0. The van der Waals surface area contributed by atoms with Gasteiger partial charge < -0.3 is 10.1 Å².